The van der Waals surface area contributed by atoms with Crippen LogP contribution in [0, 0.1) is 0 Å². The third-order valence-corrected chi connectivity index (χ3v) is 3.49. The summed E-state index contributed by atoms with van der Waals surface area (Å²) in [6.07, 6.45) is 1.78. The Hall–Kier alpha value is -1.61. The molecule has 2 aromatic rings. The van der Waals surface area contributed by atoms with E-state index in [0.717, 1.165) is 17.0 Å². The van der Waals surface area contributed by atoms with Gasteiger partial charge >= 0.3 is 0 Å². The Morgan fingerprint density at radius 3 is 2.47 bits per heavy atom. The van der Waals surface area contributed by atoms with Gasteiger partial charge in [0, 0.05) is 5.56 Å². The first-order chi connectivity index (χ1) is 8.28. The van der Waals surface area contributed by atoms with E-state index >= 15 is 0 Å². The molecular weight excluding hydrogens is 278 g/mol. The SMILES string of the molecule is BrC1(c2ccccc2)C=Nc2ccccc2O1. The lowest BCUT2D eigenvalue weighted by Crippen LogP contribution is -2.29. The predicted octanol–water partition coefficient (Wildman–Crippen LogP) is 4.03. The van der Waals surface area contributed by atoms with Crippen LogP contribution in [0.1, 0.15) is 5.56 Å². The van der Waals surface area contributed by atoms with Gasteiger partial charge in [0.2, 0.25) is 4.51 Å². The van der Waals surface area contributed by atoms with Gasteiger partial charge < -0.3 is 4.74 Å². The van der Waals surface area contributed by atoms with Crippen LogP contribution in [0.4, 0.5) is 5.69 Å². The molecular formula is C14H10BrNO. The maximum Gasteiger partial charge on any atom is 0.224 e. The number of para-hydroxylation sites is 2. The van der Waals surface area contributed by atoms with Crippen LogP contribution in [-0.2, 0) is 4.51 Å². The summed E-state index contributed by atoms with van der Waals surface area (Å²) in [5, 5.41) is 0. The van der Waals surface area contributed by atoms with Gasteiger partial charge in [0.05, 0.1) is 6.21 Å². The molecule has 1 atom stereocenters. The lowest BCUT2D eigenvalue weighted by Gasteiger charge is -2.28. The molecule has 0 radical (unpaired) electrons. The summed E-state index contributed by atoms with van der Waals surface area (Å²) >= 11 is 3.60. The van der Waals surface area contributed by atoms with Crippen molar-refractivity contribution in [3.63, 3.8) is 0 Å². The Labute approximate surface area is 108 Å². The molecule has 2 nitrogen and oxygen atoms in total. The zero-order chi connectivity index (χ0) is 11.7. The number of hydrogen-bond donors (Lipinski definition) is 0. The van der Waals surface area contributed by atoms with E-state index < -0.39 is 4.51 Å². The molecule has 0 amide bonds. The maximum atomic E-state index is 5.97. The summed E-state index contributed by atoms with van der Waals surface area (Å²) in [6.45, 7) is 0. The first-order valence-corrected chi connectivity index (χ1v) is 6.15. The Balaban J connectivity index is 2.04. The second-order valence-corrected chi connectivity index (χ2v) is 5.02. The first kappa shape index (κ1) is 10.5. The Morgan fingerprint density at radius 2 is 1.65 bits per heavy atom. The molecule has 1 heterocycles. The Kier molecular flexibility index (Phi) is 2.48. The third-order valence-electron chi connectivity index (χ3n) is 2.66. The minimum absolute atomic E-state index is 0.664. The quantitative estimate of drug-likeness (QED) is 0.726. The van der Waals surface area contributed by atoms with E-state index in [1.165, 1.54) is 0 Å². The highest BCUT2D eigenvalue weighted by Crippen LogP contribution is 2.41. The second-order valence-electron chi connectivity index (χ2n) is 3.84. The molecule has 3 rings (SSSR count). The van der Waals surface area contributed by atoms with Crippen molar-refractivity contribution < 1.29 is 4.74 Å². The van der Waals surface area contributed by atoms with Gasteiger partial charge in [-0.3, -0.25) is 4.99 Å². The van der Waals surface area contributed by atoms with Crippen LogP contribution in [-0.4, -0.2) is 6.21 Å². The van der Waals surface area contributed by atoms with E-state index in [1.54, 1.807) is 6.21 Å². The maximum absolute atomic E-state index is 5.97. The topological polar surface area (TPSA) is 21.6 Å². The van der Waals surface area contributed by atoms with Crippen LogP contribution in [0.3, 0.4) is 0 Å². The van der Waals surface area contributed by atoms with E-state index in [0.29, 0.717) is 0 Å². The largest absolute Gasteiger partial charge is 0.464 e. The highest BCUT2D eigenvalue weighted by Gasteiger charge is 2.32. The summed E-state index contributed by atoms with van der Waals surface area (Å²) in [5.41, 5.74) is 1.89. The van der Waals surface area contributed by atoms with Gasteiger partial charge in [-0.05, 0) is 28.1 Å². The number of fused-ring (bicyclic) bond motifs is 1. The van der Waals surface area contributed by atoms with Gasteiger partial charge in [0.1, 0.15) is 11.4 Å². The molecule has 0 saturated carbocycles. The monoisotopic (exact) mass is 287 g/mol. The third kappa shape index (κ3) is 1.87. The molecule has 17 heavy (non-hydrogen) atoms. The number of benzene rings is 2. The minimum Gasteiger partial charge on any atom is -0.464 e. The Bertz CT molecular complexity index is 567. The van der Waals surface area contributed by atoms with Crippen LogP contribution in [0.5, 0.6) is 5.75 Å². The van der Waals surface area contributed by atoms with Gasteiger partial charge in [-0.1, -0.05) is 42.5 Å². The molecule has 0 fully saturated rings. The van der Waals surface area contributed by atoms with Gasteiger partial charge in [-0.2, -0.15) is 0 Å². The number of rotatable bonds is 1. The summed E-state index contributed by atoms with van der Waals surface area (Å²) in [6, 6.07) is 17.7. The summed E-state index contributed by atoms with van der Waals surface area (Å²) < 4.78 is 5.31. The fourth-order valence-electron chi connectivity index (χ4n) is 1.79. The fourth-order valence-corrected chi connectivity index (χ4v) is 2.33. The number of ether oxygens (including phenoxy) is 1. The smallest absolute Gasteiger partial charge is 0.224 e. The highest BCUT2D eigenvalue weighted by molar-refractivity contribution is 9.10. The van der Waals surface area contributed by atoms with Crippen molar-refractivity contribution in [3.05, 3.63) is 60.2 Å². The van der Waals surface area contributed by atoms with Crippen LogP contribution < -0.4 is 4.74 Å². The zero-order valence-electron chi connectivity index (χ0n) is 9.01. The van der Waals surface area contributed by atoms with Crippen molar-refractivity contribution in [1.29, 1.82) is 0 Å². The average Bonchev–Trinajstić information content (AvgIpc) is 2.40. The molecule has 0 saturated heterocycles. The molecule has 1 unspecified atom stereocenters. The summed E-state index contributed by atoms with van der Waals surface area (Å²) in [7, 11) is 0. The summed E-state index contributed by atoms with van der Waals surface area (Å²) in [4.78, 5) is 4.43. The average molecular weight is 288 g/mol. The highest BCUT2D eigenvalue weighted by atomic mass is 79.9. The molecule has 0 spiro atoms. The molecule has 84 valence electrons. The first-order valence-electron chi connectivity index (χ1n) is 5.36. The molecule has 0 aromatic heterocycles. The molecule has 1 aliphatic heterocycles. The van der Waals surface area contributed by atoms with E-state index in [9.17, 15) is 0 Å². The number of nitrogens with zero attached hydrogens (tertiary/aromatic N) is 1. The lowest BCUT2D eigenvalue weighted by molar-refractivity contribution is 0.247. The van der Waals surface area contributed by atoms with Crippen molar-refractivity contribution in [2.75, 3.05) is 0 Å². The zero-order valence-corrected chi connectivity index (χ0v) is 10.6. The molecule has 1 aliphatic rings. The van der Waals surface area contributed by atoms with Crippen LogP contribution >= 0.6 is 15.9 Å². The molecule has 0 aliphatic carbocycles. The molecule has 3 heteroatoms. The fraction of sp³-hybridized carbons (Fsp3) is 0.0714. The molecule has 2 aromatic carbocycles. The number of halogens is 1. The van der Waals surface area contributed by atoms with Crippen LogP contribution in [0.2, 0.25) is 0 Å². The van der Waals surface area contributed by atoms with Crippen LogP contribution in [0.15, 0.2) is 59.6 Å². The molecule has 0 bridgehead atoms. The van der Waals surface area contributed by atoms with Gasteiger partial charge in [-0.25, -0.2) is 0 Å². The van der Waals surface area contributed by atoms with E-state index in [4.69, 9.17) is 4.74 Å². The van der Waals surface area contributed by atoms with Gasteiger partial charge in [0.25, 0.3) is 0 Å². The molecule has 0 N–H and O–H groups in total. The normalized spacial score (nSPS) is 21.7. The van der Waals surface area contributed by atoms with Gasteiger partial charge in [0.15, 0.2) is 0 Å². The van der Waals surface area contributed by atoms with E-state index in [1.807, 2.05) is 54.6 Å². The Morgan fingerprint density at radius 1 is 0.941 bits per heavy atom. The van der Waals surface area contributed by atoms with Crippen LogP contribution in [0.25, 0.3) is 0 Å². The summed E-state index contributed by atoms with van der Waals surface area (Å²) in [5.74, 6) is 0.788. The number of alkyl halides is 1. The van der Waals surface area contributed by atoms with Crippen molar-refractivity contribution in [1.82, 2.24) is 0 Å². The van der Waals surface area contributed by atoms with E-state index in [-0.39, 0.29) is 0 Å². The van der Waals surface area contributed by atoms with Crippen molar-refractivity contribution >= 4 is 27.8 Å². The minimum atomic E-state index is -0.664. The van der Waals surface area contributed by atoms with E-state index in [2.05, 4.69) is 20.9 Å². The van der Waals surface area contributed by atoms with Gasteiger partial charge in [-0.15, -0.1) is 0 Å². The lowest BCUT2D eigenvalue weighted by atomic mass is 10.1. The number of aliphatic imine (C=N–C) groups is 1. The van der Waals surface area contributed by atoms with Crippen molar-refractivity contribution in [2.45, 2.75) is 4.51 Å². The predicted molar refractivity (Wildman–Crippen MR) is 72.3 cm³/mol. The van der Waals surface area contributed by atoms with Crippen molar-refractivity contribution in [2.24, 2.45) is 4.99 Å². The number of hydrogen-bond acceptors (Lipinski definition) is 2. The van der Waals surface area contributed by atoms with Crippen molar-refractivity contribution in [3.8, 4) is 5.75 Å². The second kappa shape index (κ2) is 4.00. The standard InChI is InChI=1S/C14H10BrNO/c15-14(11-6-2-1-3-7-11)10-16-12-8-4-5-9-13(12)17-14/h1-10H.